The van der Waals surface area contributed by atoms with Crippen molar-refractivity contribution >= 4 is 34.3 Å². The van der Waals surface area contributed by atoms with Crippen molar-refractivity contribution in [1.82, 2.24) is 0 Å². The first-order valence-electron chi connectivity index (χ1n) is 3.23. The third-order valence-corrected chi connectivity index (χ3v) is 2.16. The van der Waals surface area contributed by atoms with Crippen LogP contribution in [0.15, 0.2) is 23.1 Å². The van der Waals surface area contributed by atoms with Gasteiger partial charge in [-0.15, -0.1) is 12.6 Å². The molecule has 0 atom stereocenters. The first kappa shape index (κ1) is 9.74. The molecule has 12 heavy (non-hydrogen) atoms. The maximum absolute atomic E-state index is 13.0. The van der Waals surface area contributed by atoms with Crippen LogP contribution in [0.1, 0.15) is 10.4 Å². The molecule has 64 valence electrons. The lowest BCUT2D eigenvalue weighted by Crippen LogP contribution is -2.02. The fourth-order valence-electron chi connectivity index (χ4n) is 0.802. The van der Waals surface area contributed by atoms with E-state index in [1.165, 1.54) is 12.1 Å². The number of ketones is 1. The number of hydrogen-bond donors (Lipinski definition) is 1. The van der Waals surface area contributed by atoms with E-state index in [-0.39, 0.29) is 16.7 Å². The molecule has 0 aliphatic carbocycles. The summed E-state index contributed by atoms with van der Waals surface area (Å²) in [4.78, 5) is 11.5. The molecule has 0 fully saturated rings. The largest absolute Gasteiger partial charge is 0.293 e. The molecule has 0 saturated carbocycles. The number of rotatable bonds is 2. The Kier molecular flexibility index (Phi) is 3.29. The van der Waals surface area contributed by atoms with E-state index in [0.717, 1.165) is 0 Å². The molecular weight excluding hydrogens is 243 g/mol. The normalized spacial score (nSPS) is 9.92. The van der Waals surface area contributed by atoms with Crippen LogP contribution in [0.5, 0.6) is 0 Å². The topological polar surface area (TPSA) is 17.1 Å². The molecule has 1 nitrogen and oxygen atoms in total. The second kappa shape index (κ2) is 4.05. The van der Waals surface area contributed by atoms with Gasteiger partial charge in [0.15, 0.2) is 5.78 Å². The molecule has 0 amide bonds. The van der Waals surface area contributed by atoms with E-state index in [1.54, 1.807) is 6.07 Å². The Hall–Kier alpha value is -0.350. The van der Waals surface area contributed by atoms with E-state index in [2.05, 4.69) is 28.6 Å². The van der Waals surface area contributed by atoms with Crippen LogP contribution >= 0.6 is 28.6 Å². The smallest absolute Gasteiger partial charge is 0.176 e. The predicted octanol–water partition coefficient (Wildman–Crippen LogP) is 2.69. The van der Waals surface area contributed by atoms with E-state index in [1.807, 2.05) is 0 Å². The van der Waals surface area contributed by atoms with Gasteiger partial charge < -0.3 is 0 Å². The average Bonchev–Trinajstić information content (AvgIpc) is 2.03. The summed E-state index contributed by atoms with van der Waals surface area (Å²) in [7, 11) is 0. The molecule has 0 unspecified atom stereocenters. The molecule has 0 saturated heterocycles. The maximum Gasteiger partial charge on any atom is 0.176 e. The van der Waals surface area contributed by atoms with Gasteiger partial charge in [0, 0.05) is 4.90 Å². The fraction of sp³-hybridized carbons (Fsp3) is 0.125. The quantitative estimate of drug-likeness (QED) is 0.484. The molecule has 0 bridgehead atoms. The van der Waals surface area contributed by atoms with Crippen LogP contribution in [-0.2, 0) is 0 Å². The highest BCUT2D eigenvalue weighted by Gasteiger charge is 2.09. The number of halogens is 2. The highest BCUT2D eigenvalue weighted by atomic mass is 79.9. The highest BCUT2D eigenvalue weighted by molar-refractivity contribution is 9.09. The molecule has 0 radical (unpaired) electrons. The lowest BCUT2D eigenvalue weighted by molar-refractivity contribution is 0.102. The number of thiol groups is 1. The summed E-state index contributed by atoms with van der Waals surface area (Å²) in [6, 6.07) is 4.24. The number of hydrogen-bond acceptors (Lipinski definition) is 2. The fourth-order valence-corrected chi connectivity index (χ4v) is 1.29. The minimum absolute atomic E-state index is 0.102. The van der Waals surface area contributed by atoms with Gasteiger partial charge in [0.05, 0.1) is 10.9 Å². The van der Waals surface area contributed by atoms with E-state index < -0.39 is 5.82 Å². The van der Waals surface area contributed by atoms with Crippen LogP contribution in [0.4, 0.5) is 4.39 Å². The zero-order valence-electron chi connectivity index (χ0n) is 6.05. The van der Waals surface area contributed by atoms with E-state index in [9.17, 15) is 9.18 Å². The summed E-state index contributed by atoms with van der Waals surface area (Å²) in [5.74, 6) is -0.784. The first-order chi connectivity index (χ1) is 5.65. The number of carbonyl (C=O) groups excluding carboxylic acids is 1. The predicted molar refractivity (Wildman–Crippen MR) is 51.8 cm³/mol. The lowest BCUT2D eigenvalue weighted by atomic mass is 10.1. The molecule has 0 heterocycles. The molecule has 0 aliphatic heterocycles. The summed E-state index contributed by atoms with van der Waals surface area (Å²) in [5, 5.41) is 0.135. The van der Waals surface area contributed by atoms with E-state index in [4.69, 9.17) is 0 Å². The Morgan fingerprint density at radius 1 is 1.58 bits per heavy atom. The summed E-state index contributed by atoms with van der Waals surface area (Å²) in [5.41, 5.74) is 0.102. The summed E-state index contributed by atoms with van der Waals surface area (Å²) in [6.07, 6.45) is 0. The Morgan fingerprint density at radius 3 is 2.75 bits per heavy atom. The van der Waals surface area contributed by atoms with Gasteiger partial charge in [-0.3, -0.25) is 4.79 Å². The average molecular weight is 249 g/mol. The SMILES string of the molecule is O=C(CBr)c1ccc(S)cc1F. The number of alkyl halides is 1. The summed E-state index contributed by atoms with van der Waals surface area (Å²) >= 11 is 6.90. The van der Waals surface area contributed by atoms with Gasteiger partial charge in [-0.25, -0.2) is 4.39 Å². The zero-order chi connectivity index (χ0) is 9.14. The third-order valence-electron chi connectivity index (χ3n) is 1.37. The third kappa shape index (κ3) is 2.08. The van der Waals surface area contributed by atoms with Gasteiger partial charge >= 0.3 is 0 Å². The van der Waals surface area contributed by atoms with Crippen LogP contribution in [0.3, 0.4) is 0 Å². The van der Waals surface area contributed by atoms with Gasteiger partial charge in [0.25, 0.3) is 0 Å². The van der Waals surface area contributed by atoms with Gasteiger partial charge in [-0.2, -0.15) is 0 Å². The Morgan fingerprint density at radius 2 is 2.25 bits per heavy atom. The molecule has 1 aromatic rings. The van der Waals surface area contributed by atoms with Crippen molar-refractivity contribution in [1.29, 1.82) is 0 Å². The van der Waals surface area contributed by atoms with E-state index >= 15 is 0 Å². The number of Topliss-reactive ketones (excluding diaryl/α,β-unsaturated/α-hetero) is 1. The summed E-state index contributed by atoms with van der Waals surface area (Å²) < 4.78 is 13.0. The van der Waals surface area contributed by atoms with Crippen LogP contribution in [0, 0.1) is 5.82 Å². The molecule has 4 heteroatoms. The maximum atomic E-state index is 13.0. The second-order valence-corrected chi connectivity index (χ2v) is 3.30. The van der Waals surface area contributed by atoms with Crippen LogP contribution in [0.25, 0.3) is 0 Å². The van der Waals surface area contributed by atoms with Crippen LogP contribution in [0.2, 0.25) is 0 Å². The minimum Gasteiger partial charge on any atom is -0.293 e. The van der Waals surface area contributed by atoms with Gasteiger partial charge in [0.1, 0.15) is 5.82 Å². The van der Waals surface area contributed by atoms with Crippen LogP contribution in [-0.4, -0.2) is 11.1 Å². The highest BCUT2D eigenvalue weighted by Crippen LogP contribution is 2.14. The Labute approximate surface area is 83.5 Å². The molecule has 0 aromatic heterocycles. The molecule has 1 aromatic carbocycles. The van der Waals surface area contributed by atoms with Crippen molar-refractivity contribution < 1.29 is 9.18 Å². The lowest BCUT2D eigenvalue weighted by Gasteiger charge is -1.99. The van der Waals surface area contributed by atoms with Crippen molar-refractivity contribution in [2.24, 2.45) is 0 Å². The Bertz CT molecular complexity index is 314. The zero-order valence-corrected chi connectivity index (χ0v) is 8.53. The van der Waals surface area contributed by atoms with Crippen molar-refractivity contribution in [3.8, 4) is 0 Å². The van der Waals surface area contributed by atoms with Crippen molar-refractivity contribution in [2.45, 2.75) is 4.90 Å². The molecule has 0 N–H and O–H groups in total. The van der Waals surface area contributed by atoms with Crippen molar-refractivity contribution in [3.63, 3.8) is 0 Å². The van der Waals surface area contributed by atoms with Crippen molar-refractivity contribution in [2.75, 3.05) is 5.33 Å². The molecule has 1 rings (SSSR count). The Balaban J connectivity index is 3.09. The van der Waals surface area contributed by atoms with Crippen molar-refractivity contribution in [3.05, 3.63) is 29.6 Å². The first-order valence-corrected chi connectivity index (χ1v) is 4.79. The van der Waals surface area contributed by atoms with Gasteiger partial charge in [-0.1, -0.05) is 15.9 Å². The minimum atomic E-state index is -0.521. The number of benzene rings is 1. The second-order valence-electron chi connectivity index (χ2n) is 2.22. The van der Waals surface area contributed by atoms with E-state index in [0.29, 0.717) is 4.90 Å². The molecular formula is C8H6BrFOS. The van der Waals surface area contributed by atoms with Gasteiger partial charge in [-0.05, 0) is 18.2 Å². The standard InChI is InChI=1S/C8H6BrFOS/c9-4-8(11)6-2-1-5(12)3-7(6)10/h1-3,12H,4H2. The molecule has 0 spiro atoms. The summed E-state index contributed by atoms with van der Waals surface area (Å²) in [6.45, 7) is 0. The number of carbonyl (C=O) groups is 1. The van der Waals surface area contributed by atoms with Crippen LogP contribution < -0.4 is 0 Å². The molecule has 0 aliphatic rings. The van der Waals surface area contributed by atoms with Gasteiger partial charge in [0.2, 0.25) is 0 Å². The monoisotopic (exact) mass is 248 g/mol.